The van der Waals surface area contributed by atoms with Gasteiger partial charge in [-0.2, -0.15) is 0 Å². The molecule has 1 aliphatic heterocycles. The number of piperidine rings is 1. The minimum absolute atomic E-state index is 0.104. The molecular formula is C21H27N3O. The minimum Gasteiger partial charge on any atom is -0.384 e. The number of aryl methyl sites for hydroxylation is 1. The van der Waals surface area contributed by atoms with Crippen LogP contribution in [-0.2, 0) is 6.42 Å². The van der Waals surface area contributed by atoms with Gasteiger partial charge in [0.1, 0.15) is 0 Å². The van der Waals surface area contributed by atoms with E-state index in [2.05, 4.69) is 41.5 Å². The molecule has 1 aromatic carbocycles. The summed E-state index contributed by atoms with van der Waals surface area (Å²) in [5, 5.41) is 3.39. The lowest BCUT2D eigenvalue weighted by atomic mass is 10.00. The molecule has 25 heavy (non-hydrogen) atoms. The van der Waals surface area contributed by atoms with Crippen LogP contribution in [0, 0.1) is 5.92 Å². The number of nitrogens with zero attached hydrogens (tertiary/aromatic N) is 2. The molecule has 4 nitrogen and oxygen atoms in total. The third-order valence-corrected chi connectivity index (χ3v) is 4.74. The van der Waals surface area contributed by atoms with Crippen molar-refractivity contribution in [3.05, 3.63) is 59.9 Å². The van der Waals surface area contributed by atoms with Crippen molar-refractivity contribution in [2.24, 2.45) is 5.92 Å². The van der Waals surface area contributed by atoms with Gasteiger partial charge in [0, 0.05) is 32.0 Å². The second kappa shape index (κ2) is 8.65. The summed E-state index contributed by atoms with van der Waals surface area (Å²) in [5.74, 6) is 0.692. The van der Waals surface area contributed by atoms with Crippen molar-refractivity contribution < 1.29 is 4.79 Å². The Morgan fingerprint density at radius 3 is 2.92 bits per heavy atom. The smallest absolute Gasteiger partial charge is 0.255 e. The molecule has 2 heterocycles. The molecule has 132 valence electrons. The van der Waals surface area contributed by atoms with E-state index < -0.39 is 0 Å². The van der Waals surface area contributed by atoms with Crippen molar-refractivity contribution in [2.45, 2.75) is 32.6 Å². The van der Waals surface area contributed by atoms with E-state index in [1.807, 2.05) is 17.0 Å². The van der Waals surface area contributed by atoms with E-state index in [9.17, 15) is 4.79 Å². The summed E-state index contributed by atoms with van der Waals surface area (Å²) in [7, 11) is 0. The molecule has 1 unspecified atom stereocenters. The molecule has 1 aliphatic rings. The topological polar surface area (TPSA) is 45.2 Å². The summed E-state index contributed by atoms with van der Waals surface area (Å²) in [6, 6.07) is 12.4. The van der Waals surface area contributed by atoms with Crippen molar-refractivity contribution in [1.29, 1.82) is 0 Å². The van der Waals surface area contributed by atoms with Gasteiger partial charge < -0.3 is 10.2 Å². The van der Waals surface area contributed by atoms with E-state index in [1.165, 1.54) is 12.0 Å². The Hall–Kier alpha value is -2.36. The summed E-state index contributed by atoms with van der Waals surface area (Å²) < 4.78 is 0. The molecule has 3 rings (SSSR count). The van der Waals surface area contributed by atoms with Gasteiger partial charge in [0.25, 0.3) is 5.91 Å². The Morgan fingerprint density at radius 2 is 2.12 bits per heavy atom. The lowest BCUT2D eigenvalue weighted by molar-refractivity contribution is 0.0682. The number of likely N-dealkylation sites (tertiary alicyclic amines) is 1. The van der Waals surface area contributed by atoms with E-state index in [1.54, 1.807) is 12.4 Å². The summed E-state index contributed by atoms with van der Waals surface area (Å²) in [4.78, 5) is 18.9. The van der Waals surface area contributed by atoms with Crippen molar-refractivity contribution in [3.63, 3.8) is 0 Å². The number of rotatable bonds is 6. The predicted molar refractivity (Wildman–Crippen MR) is 102 cm³/mol. The molecule has 0 aliphatic carbocycles. The highest BCUT2D eigenvalue weighted by Gasteiger charge is 2.22. The predicted octanol–water partition coefficient (Wildman–Crippen LogP) is 4.00. The van der Waals surface area contributed by atoms with Gasteiger partial charge in [-0.1, -0.05) is 37.3 Å². The normalized spacial score (nSPS) is 17.3. The molecule has 1 atom stereocenters. The quantitative estimate of drug-likeness (QED) is 0.811. The highest BCUT2D eigenvalue weighted by Crippen LogP contribution is 2.19. The molecule has 1 N–H and O–H groups in total. The molecule has 1 amide bonds. The zero-order chi connectivity index (χ0) is 17.5. The van der Waals surface area contributed by atoms with Gasteiger partial charge in [0.05, 0.1) is 11.3 Å². The molecule has 4 heteroatoms. The number of aromatic nitrogens is 1. The first-order valence-corrected chi connectivity index (χ1v) is 9.24. The number of benzene rings is 1. The first-order chi connectivity index (χ1) is 12.2. The van der Waals surface area contributed by atoms with Gasteiger partial charge in [-0.25, -0.2) is 0 Å². The first kappa shape index (κ1) is 17.5. The second-order valence-electron chi connectivity index (χ2n) is 6.98. The molecule has 0 spiro atoms. The maximum absolute atomic E-state index is 12.7. The van der Waals surface area contributed by atoms with E-state index in [0.29, 0.717) is 11.5 Å². The fourth-order valence-corrected chi connectivity index (χ4v) is 3.38. The van der Waals surface area contributed by atoms with Gasteiger partial charge in [-0.3, -0.25) is 9.78 Å². The SMILES string of the molecule is CC1CCCN(C(=O)c2cncc(NCCCc3ccccc3)c2)C1. The molecule has 1 fully saturated rings. The molecule has 0 radical (unpaired) electrons. The van der Waals surface area contributed by atoms with Gasteiger partial charge in [0.15, 0.2) is 0 Å². The van der Waals surface area contributed by atoms with Crippen LogP contribution in [0.2, 0.25) is 0 Å². The second-order valence-corrected chi connectivity index (χ2v) is 6.98. The van der Waals surface area contributed by atoms with Crippen molar-refractivity contribution >= 4 is 11.6 Å². The van der Waals surface area contributed by atoms with Gasteiger partial charge in [0.2, 0.25) is 0 Å². The van der Waals surface area contributed by atoms with Gasteiger partial charge in [-0.15, -0.1) is 0 Å². The van der Waals surface area contributed by atoms with E-state index in [4.69, 9.17) is 0 Å². The maximum atomic E-state index is 12.7. The van der Waals surface area contributed by atoms with Crippen LogP contribution in [0.5, 0.6) is 0 Å². The number of hydrogen-bond donors (Lipinski definition) is 1. The standard InChI is InChI=1S/C21H27N3O/c1-17-7-6-12-24(16-17)21(25)19-13-20(15-22-14-19)23-11-5-10-18-8-3-2-4-9-18/h2-4,8-9,13-15,17,23H,5-7,10-12,16H2,1H3. The van der Waals surface area contributed by atoms with Gasteiger partial charge >= 0.3 is 0 Å². The van der Waals surface area contributed by atoms with Gasteiger partial charge in [-0.05, 0) is 43.2 Å². The number of carbonyl (C=O) groups excluding carboxylic acids is 1. The van der Waals surface area contributed by atoms with E-state index in [-0.39, 0.29) is 5.91 Å². The highest BCUT2D eigenvalue weighted by molar-refractivity contribution is 5.94. The Kier molecular flexibility index (Phi) is 6.04. The molecule has 2 aromatic rings. The van der Waals surface area contributed by atoms with Crippen LogP contribution < -0.4 is 5.32 Å². The maximum Gasteiger partial charge on any atom is 0.255 e. The Morgan fingerprint density at radius 1 is 1.28 bits per heavy atom. The lowest BCUT2D eigenvalue weighted by Gasteiger charge is -2.31. The summed E-state index contributed by atoms with van der Waals surface area (Å²) in [6.45, 7) is 4.79. The fraction of sp³-hybridized carbons (Fsp3) is 0.429. The number of anilines is 1. The van der Waals surface area contributed by atoms with Crippen molar-refractivity contribution in [2.75, 3.05) is 25.0 Å². The summed E-state index contributed by atoms with van der Waals surface area (Å²) in [5.41, 5.74) is 2.96. The highest BCUT2D eigenvalue weighted by atomic mass is 16.2. The largest absolute Gasteiger partial charge is 0.384 e. The van der Waals surface area contributed by atoms with E-state index >= 15 is 0 Å². The molecule has 0 bridgehead atoms. The summed E-state index contributed by atoms with van der Waals surface area (Å²) in [6.07, 6.45) is 7.87. The molecule has 1 saturated heterocycles. The third-order valence-electron chi connectivity index (χ3n) is 4.74. The first-order valence-electron chi connectivity index (χ1n) is 9.24. The lowest BCUT2D eigenvalue weighted by Crippen LogP contribution is -2.39. The number of hydrogen-bond acceptors (Lipinski definition) is 3. The Labute approximate surface area is 150 Å². The minimum atomic E-state index is 0.104. The number of nitrogens with one attached hydrogen (secondary N) is 1. The van der Waals surface area contributed by atoms with Crippen LogP contribution in [0.1, 0.15) is 42.1 Å². The van der Waals surface area contributed by atoms with Crippen LogP contribution in [-0.4, -0.2) is 35.4 Å². The zero-order valence-electron chi connectivity index (χ0n) is 14.9. The fourth-order valence-electron chi connectivity index (χ4n) is 3.38. The Bertz CT molecular complexity index is 687. The summed E-state index contributed by atoms with van der Waals surface area (Å²) >= 11 is 0. The third kappa shape index (κ3) is 5.05. The van der Waals surface area contributed by atoms with Crippen LogP contribution in [0.15, 0.2) is 48.8 Å². The number of carbonyl (C=O) groups is 1. The van der Waals surface area contributed by atoms with Crippen molar-refractivity contribution in [3.8, 4) is 0 Å². The van der Waals surface area contributed by atoms with Crippen LogP contribution in [0.4, 0.5) is 5.69 Å². The van der Waals surface area contributed by atoms with E-state index in [0.717, 1.165) is 44.6 Å². The average Bonchev–Trinajstić information content (AvgIpc) is 2.66. The molecule has 0 saturated carbocycles. The average molecular weight is 337 g/mol. The van der Waals surface area contributed by atoms with Crippen molar-refractivity contribution in [1.82, 2.24) is 9.88 Å². The monoisotopic (exact) mass is 337 g/mol. The Balaban J connectivity index is 1.51. The number of pyridine rings is 1. The number of amides is 1. The van der Waals surface area contributed by atoms with Crippen LogP contribution >= 0.6 is 0 Å². The molecule has 1 aromatic heterocycles. The van der Waals surface area contributed by atoms with Crippen LogP contribution in [0.3, 0.4) is 0 Å². The van der Waals surface area contributed by atoms with Crippen LogP contribution in [0.25, 0.3) is 0 Å². The zero-order valence-corrected chi connectivity index (χ0v) is 14.9. The molecular weight excluding hydrogens is 310 g/mol.